The lowest BCUT2D eigenvalue weighted by Crippen LogP contribution is -2.15. The highest BCUT2D eigenvalue weighted by molar-refractivity contribution is 5.98. The fraction of sp³-hybridized carbons (Fsp3) is 0.333. The van der Waals surface area contributed by atoms with Gasteiger partial charge in [0.2, 0.25) is 0 Å². The van der Waals surface area contributed by atoms with E-state index in [-0.39, 0.29) is 6.07 Å². The third kappa shape index (κ3) is 4.04. The average molecular weight is 278 g/mol. The van der Waals surface area contributed by atoms with E-state index in [9.17, 15) is 27.2 Å². The fourth-order valence-electron chi connectivity index (χ4n) is 1.40. The number of ketones is 1. The van der Waals surface area contributed by atoms with Gasteiger partial charge in [0.15, 0.2) is 5.78 Å². The maximum absolute atomic E-state index is 13.0. The molecule has 0 aliphatic carbocycles. The van der Waals surface area contributed by atoms with E-state index in [1.54, 1.807) is 0 Å². The molecule has 3 nitrogen and oxygen atoms in total. The minimum Gasteiger partial charge on any atom is -0.481 e. The second-order valence-electron chi connectivity index (χ2n) is 4.09. The molecule has 1 aromatic rings. The molecule has 0 aliphatic rings. The Labute approximate surface area is 105 Å². The largest absolute Gasteiger partial charge is 0.481 e. The van der Waals surface area contributed by atoms with E-state index in [1.807, 2.05) is 0 Å². The van der Waals surface area contributed by atoms with Crippen LogP contribution in [0.1, 0.15) is 29.3 Å². The molecule has 0 amide bonds. The quantitative estimate of drug-likeness (QED) is 0.680. The van der Waals surface area contributed by atoms with E-state index in [2.05, 4.69) is 0 Å². The summed E-state index contributed by atoms with van der Waals surface area (Å²) in [7, 11) is 0. The van der Waals surface area contributed by atoms with Crippen molar-refractivity contribution in [3.63, 3.8) is 0 Å². The van der Waals surface area contributed by atoms with Crippen LogP contribution in [0.4, 0.5) is 17.6 Å². The number of carbonyl (C=O) groups excluding carboxylic acids is 1. The first kappa shape index (κ1) is 15.1. The molecule has 0 heterocycles. The summed E-state index contributed by atoms with van der Waals surface area (Å²) in [5, 5.41) is 8.61. The third-order valence-corrected chi connectivity index (χ3v) is 2.46. The highest BCUT2D eigenvalue weighted by Crippen LogP contribution is 2.30. The predicted molar refractivity (Wildman–Crippen MR) is 57.1 cm³/mol. The molecule has 0 saturated heterocycles. The Balaban J connectivity index is 3.04. The van der Waals surface area contributed by atoms with Gasteiger partial charge < -0.3 is 5.11 Å². The number of carboxylic acids is 1. The molecule has 1 rings (SSSR count). The average Bonchev–Trinajstić information content (AvgIpc) is 2.26. The number of benzene rings is 1. The van der Waals surface area contributed by atoms with Gasteiger partial charge in [0, 0.05) is 12.0 Å². The summed E-state index contributed by atoms with van der Waals surface area (Å²) in [5.41, 5.74) is -1.76. The predicted octanol–water partition coefficient (Wildman–Crippen LogP) is 3.14. The number of Topliss-reactive ketones (excluding diaryl/α,β-unsaturated/α-hetero) is 1. The first-order valence-electron chi connectivity index (χ1n) is 5.25. The van der Waals surface area contributed by atoms with Crippen molar-refractivity contribution in [3.8, 4) is 0 Å². The Hall–Kier alpha value is -1.92. The summed E-state index contributed by atoms with van der Waals surface area (Å²) in [6.07, 6.45) is -5.26. The van der Waals surface area contributed by atoms with Gasteiger partial charge in [-0.1, -0.05) is 6.92 Å². The Morgan fingerprint density at radius 1 is 1.26 bits per heavy atom. The Bertz CT molecular complexity index is 508. The molecule has 19 heavy (non-hydrogen) atoms. The van der Waals surface area contributed by atoms with Gasteiger partial charge in [-0.3, -0.25) is 9.59 Å². The van der Waals surface area contributed by atoms with E-state index < -0.39 is 47.2 Å². The van der Waals surface area contributed by atoms with E-state index in [0.29, 0.717) is 12.1 Å². The molecule has 1 aromatic carbocycles. The molecule has 0 bridgehead atoms. The second kappa shape index (κ2) is 5.38. The van der Waals surface area contributed by atoms with Gasteiger partial charge in [0.25, 0.3) is 0 Å². The number of halogens is 4. The lowest BCUT2D eigenvalue weighted by atomic mass is 9.98. The monoisotopic (exact) mass is 278 g/mol. The zero-order valence-electron chi connectivity index (χ0n) is 9.79. The van der Waals surface area contributed by atoms with Crippen LogP contribution in [-0.2, 0) is 11.0 Å². The number of hydrogen-bond acceptors (Lipinski definition) is 2. The third-order valence-electron chi connectivity index (χ3n) is 2.46. The van der Waals surface area contributed by atoms with Crippen LogP contribution in [0.5, 0.6) is 0 Å². The summed E-state index contributed by atoms with van der Waals surface area (Å²) in [6.45, 7) is 1.24. The molecule has 0 saturated carbocycles. The van der Waals surface area contributed by atoms with Crippen molar-refractivity contribution in [3.05, 3.63) is 35.1 Å². The van der Waals surface area contributed by atoms with Crippen LogP contribution in [0, 0.1) is 11.7 Å². The van der Waals surface area contributed by atoms with Crippen molar-refractivity contribution in [2.75, 3.05) is 0 Å². The number of carboxylic acid groups (broad SMARTS) is 1. The molecule has 0 aliphatic heterocycles. The summed E-state index contributed by atoms with van der Waals surface area (Å²) in [6, 6.07) is 1.45. The lowest BCUT2D eigenvalue weighted by molar-refractivity contribution is -0.141. The molecular formula is C12H10F4O3. The number of hydrogen-bond donors (Lipinski definition) is 1. The zero-order chi connectivity index (χ0) is 14.8. The maximum Gasteiger partial charge on any atom is 0.416 e. The van der Waals surface area contributed by atoms with Crippen molar-refractivity contribution in [1.82, 2.24) is 0 Å². The summed E-state index contributed by atoms with van der Waals surface area (Å²) in [5.74, 6) is -4.34. The van der Waals surface area contributed by atoms with Gasteiger partial charge in [0.1, 0.15) is 5.82 Å². The van der Waals surface area contributed by atoms with Gasteiger partial charge in [-0.25, -0.2) is 4.39 Å². The van der Waals surface area contributed by atoms with E-state index in [0.717, 1.165) is 0 Å². The molecule has 0 aromatic heterocycles. The van der Waals surface area contributed by atoms with Crippen LogP contribution in [0.2, 0.25) is 0 Å². The van der Waals surface area contributed by atoms with Crippen LogP contribution in [-0.4, -0.2) is 16.9 Å². The number of rotatable bonds is 4. The van der Waals surface area contributed by atoms with Gasteiger partial charge >= 0.3 is 12.1 Å². The molecule has 7 heteroatoms. The number of aliphatic carboxylic acids is 1. The van der Waals surface area contributed by atoms with Crippen LogP contribution in [0.25, 0.3) is 0 Å². The zero-order valence-corrected chi connectivity index (χ0v) is 9.79. The molecule has 1 atom stereocenters. The molecule has 0 radical (unpaired) electrons. The van der Waals surface area contributed by atoms with Gasteiger partial charge in [-0.15, -0.1) is 0 Å². The van der Waals surface area contributed by atoms with Crippen LogP contribution in [0.15, 0.2) is 18.2 Å². The topological polar surface area (TPSA) is 54.4 Å². The highest BCUT2D eigenvalue weighted by Gasteiger charge is 2.32. The van der Waals surface area contributed by atoms with Crippen molar-refractivity contribution in [2.45, 2.75) is 19.5 Å². The maximum atomic E-state index is 13.0. The van der Waals surface area contributed by atoms with Crippen molar-refractivity contribution in [1.29, 1.82) is 0 Å². The minimum absolute atomic E-state index is 0.275. The van der Waals surface area contributed by atoms with Crippen LogP contribution in [0.3, 0.4) is 0 Å². The highest BCUT2D eigenvalue weighted by atomic mass is 19.4. The van der Waals surface area contributed by atoms with Gasteiger partial charge in [-0.05, 0) is 18.2 Å². The van der Waals surface area contributed by atoms with Gasteiger partial charge in [0.05, 0.1) is 11.5 Å². The van der Waals surface area contributed by atoms with Crippen molar-refractivity contribution >= 4 is 11.8 Å². The van der Waals surface area contributed by atoms with E-state index in [4.69, 9.17) is 5.11 Å². The van der Waals surface area contributed by atoms with Crippen LogP contribution >= 0.6 is 0 Å². The lowest BCUT2D eigenvalue weighted by Gasteiger charge is -2.10. The van der Waals surface area contributed by atoms with E-state index >= 15 is 0 Å². The Kier molecular flexibility index (Phi) is 4.28. The molecule has 0 spiro atoms. The first-order chi connectivity index (χ1) is 8.61. The molecule has 1 unspecified atom stereocenters. The molecule has 0 fully saturated rings. The van der Waals surface area contributed by atoms with E-state index in [1.165, 1.54) is 6.92 Å². The Morgan fingerprint density at radius 3 is 2.32 bits per heavy atom. The summed E-state index contributed by atoms with van der Waals surface area (Å²) < 4.78 is 50.3. The summed E-state index contributed by atoms with van der Waals surface area (Å²) in [4.78, 5) is 22.1. The number of carbonyl (C=O) groups is 2. The Morgan fingerprint density at radius 2 is 1.84 bits per heavy atom. The number of alkyl halides is 3. The van der Waals surface area contributed by atoms with Gasteiger partial charge in [-0.2, -0.15) is 13.2 Å². The van der Waals surface area contributed by atoms with Crippen molar-refractivity contribution in [2.24, 2.45) is 5.92 Å². The van der Waals surface area contributed by atoms with Crippen LogP contribution < -0.4 is 0 Å². The second-order valence-corrected chi connectivity index (χ2v) is 4.09. The van der Waals surface area contributed by atoms with Crippen molar-refractivity contribution < 1.29 is 32.3 Å². The minimum atomic E-state index is -4.77. The first-order valence-corrected chi connectivity index (χ1v) is 5.25. The molecule has 104 valence electrons. The standard InChI is InChI=1S/C12H10F4O3/c1-6(11(18)19)2-10(17)7-3-8(12(14,15)16)5-9(13)4-7/h3-6H,2H2,1H3,(H,18,19). The normalized spacial score (nSPS) is 13.1. The fourth-order valence-corrected chi connectivity index (χ4v) is 1.40. The summed E-state index contributed by atoms with van der Waals surface area (Å²) >= 11 is 0. The smallest absolute Gasteiger partial charge is 0.416 e. The molecular weight excluding hydrogens is 268 g/mol. The molecule has 1 N–H and O–H groups in total. The SMILES string of the molecule is CC(CC(=O)c1cc(F)cc(C(F)(F)F)c1)C(=O)O.